The van der Waals surface area contributed by atoms with Crippen LogP contribution >= 0.6 is 11.6 Å². The monoisotopic (exact) mass is 373 g/mol. The number of benzene rings is 2. The molecule has 2 aromatic carbocycles. The molecule has 0 amide bonds. The Bertz CT molecular complexity index is 975. The van der Waals surface area contributed by atoms with E-state index in [1.807, 2.05) is 0 Å². The standard InChI is InChI=1S/C19H13ClFNO4/c1-10(23)12-6-8-13(9-7-12)25-19(24)16-11(2)26-22-18(16)17-14(20)4-3-5-15(17)21/h3-9H,1-2H3. The number of carbonyl (C=O) groups excluding carboxylic acids is 2. The van der Waals surface area contributed by atoms with Crippen molar-refractivity contribution in [1.29, 1.82) is 0 Å². The van der Waals surface area contributed by atoms with E-state index in [4.69, 9.17) is 20.9 Å². The summed E-state index contributed by atoms with van der Waals surface area (Å²) >= 11 is 6.05. The van der Waals surface area contributed by atoms with Gasteiger partial charge in [-0.15, -0.1) is 0 Å². The third-order valence-electron chi connectivity index (χ3n) is 3.74. The summed E-state index contributed by atoms with van der Waals surface area (Å²) in [6, 6.07) is 10.2. The highest BCUT2D eigenvalue weighted by atomic mass is 35.5. The molecule has 0 radical (unpaired) electrons. The van der Waals surface area contributed by atoms with Crippen LogP contribution in [0.25, 0.3) is 11.3 Å². The average Bonchev–Trinajstić information content (AvgIpc) is 2.96. The van der Waals surface area contributed by atoms with Crippen molar-refractivity contribution >= 4 is 23.4 Å². The van der Waals surface area contributed by atoms with Crippen molar-refractivity contribution < 1.29 is 23.2 Å². The van der Waals surface area contributed by atoms with Gasteiger partial charge >= 0.3 is 5.97 Å². The Morgan fingerprint density at radius 3 is 2.46 bits per heavy atom. The first-order chi connectivity index (χ1) is 12.4. The Hall–Kier alpha value is -2.99. The van der Waals surface area contributed by atoms with Crippen LogP contribution in [0.5, 0.6) is 5.75 Å². The van der Waals surface area contributed by atoms with E-state index in [1.165, 1.54) is 44.2 Å². The molecule has 3 aromatic rings. The molecule has 0 bridgehead atoms. The van der Waals surface area contributed by atoms with Gasteiger partial charge in [-0.05, 0) is 50.2 Å². The number of nitrogens with zero attached hydrogens (tertiary/aromatic N) is 1. The Kier molecular flexibility index (Phi) is 4.86. The lowest BCUT2D eigenvalue weighted by Gasteiger charge is -2.07. The van der Waals surface area contributed by atoms with Gasteiger partial charge in [-0.3, -0.25) is 4.79 Å². The maximum atomic E-state index is 14.2. The topological polar surface area (TPSA) is 69.4 Å². The minimum absolute atomic E-state index is 0.0207. The highest BCUT2D eigenvalue weighted by Crippen LogP contribution is 2.34. The molecule has 132 valence electrons. The summed E-state index contributed by atoms with van der Waals surface area (Å²) in [6.07, 6.45) is 0. The molecule has 5 nitrogen and oxygen atoms in total. The Morgan fingerprint density at radius 2 is 1.85 bits per heavy atom. The molecular weight excluding hydrogens is 361 g/mol. The molecule has 0 N–H and O–H groups in total. The first kappa shape index (κ1) is 17.8. The molecule has 1 aromatic heterocycles. The SMILES string of the molecule is CC(=O)c1ccc(OC(=O)c2c(-c3c(F)cccc3Cl)noc2C)cc1. The number of rotatable bonds is 4. The van der Waals surface area contributed by atoms with Crippen LogP contribution in [-0.2, 0) is 0 Å². The van der Waals surface area contributed by atoms with Gasteiger partial charge < -0.3 is 9.26 Å². The number of Topliss-reactive ketones (excluding diaryl/α,β-unsaturated/α-hetero) is 1. The van der Waals surface area contributed by atoms with Crippen molar-refractivity contribution in [2.75, 3.05) is 0 Å². The van der Waals surface area contributed by atoms with Crippen molar-refractivity contribution in [3.8, 4) is 17.0 Å². The van der Waals surface area contributed by atoms with Gasteiger partial charge in [-0.2, -0.15) is 0 Å². The van der Waals surface area contributed by atoms with E-state index in [2.05, 4.69) is 5.16 Å². The number of hydrogen-bond acceptors (Lipinski definition) is 5. The fraction of sp³-hybridized carbons (Fsp3) is 0.105. The van der Waals surface area contributed by atoms with Gasteiger partial charge in [0.2, 0.25) is 0 Å². The average molecular weight is 374 g/mol. The second-order valence-electron chi connectivity index (χ2n) is 5.53. The minimum Gasteiger partial charge on any atom is -0.423 e. The van der Waals surface area contributed by atoms with Crippen LogP contribution in [0.15, 0.2) is 47.0 Å². The van der Waals surface area contributed by atoms with Crippen LogP contribution in [0.3, 0.4) is 0 Å². The van der Waals surface area contributed by atoms with Crippen LogP contribution in [0.1, 0.15) is 33.4 Å². The number of ether oxygens (including phenoxy) is 1. The second kappa shape index (κ2) is 7.09. The van der Waals surface area contributed by atoms with E-state index < -0.39 is 11.8 Å². The van der Waals surface area contributed by atoms with Gasteiger partial charge in [0, 0.05) is 5.56 Å². The molecule has 1 heterocycles. The molecule has 0 aliphatic heterocycles. The molecule has 0 fully saturated rings. The minimum atomic E-state index is -0.770. The zero-order valence-electron chi connectivity index (χ0n) is 13.9. The lowest BCUT2D eigenvalue weighted by molar-refractivity contribution is 0.0733. The van der Waals surface area contributed by atoms with Crippen LogP contribution in [0.4, 0.5) is 4.39 Å². The van der Waals surface area contributed by atoms with Gasteiger partial charge in [0.1, 0.15) is 28.6 Å². The zero-order chi connectivity index (χ0) is 18.8. The van der Waals surface area contributed by atoms with Gasteiger partial charge in [0.05, 0.1) is 10.6 Å². The highest BCUT2D eigenvalue weighted by molar-refractivity contribution is 6.33. The maximum absolute atomic E-state index is 14.2. The van der Waals surface area contributed by atoms with Crippen LogP contribution in [0.2, 0.25) is 5.02 Å². The number of carbonyl (C=O) groups is 2. The predicted molar refractivity (Wildman–Crippen MR) is 93.0 cm³/mol. The van der Waals surface area contributed by atoms with Gasteiger partial charge in [0.15, 0.2) is 5.78 Å². The van der Waals surface area contributed by atoms with Crippen molar-refractivity contribution in [1.82, 2.24) is 5.16 Å². The van der Waals surface area contributed by atoms with Crippen LogP contribution in [0, 0.1) is 12.7 Å². The summed E-state index contributed by atoms with van der Waals surface area (Å²) < 4.78 is 24.5. The molecule has 0 saturated heterocycles. The molecule has 7 heteroatoms. The molecule has 0 unspecified atom stereocenters. The van der Waals surface area contributed by atoms with E-state index in [0.717, 1.165) is 0 Å². The molecule has 0 atom stereocenters. The van der Waals surface area contributed by atoms with Crippen LogP contribution < -0.4 is 4.74 Å². The van der Waals surface area contributed by atoms with Crippen LogP contribution in [-0.4, -0.2) is 16.9 Å². The molecule has 3 rings (SSSR count). The summed E-state index contributed by atoms with van der Waals surface area (Å²) in [7, 11) is 0. The molecule has 26 heavy (non-hydrogen) atoms. The second-order valence-corrected chi connectivity index (χ2v) is 5.94. The lowest BCUT2D eigenvalue weighted by Crippen LogP contribution is -2.11. The smallest absolute Gasteiger partial charge is 0.349 e. The van der Waals surface area contributed by atoms with Gasteiger partial charge in [-0.1, -0.05) is 22.8 Å². The van der Waals surface area contributed by atoms with E-state index in [9.17, 15) is 14.0 Å². The summed E-state index contributed by atoms with van der Waals surface area (Å²) in [6.45, 7) is 2.95. The third-order valence-corrected chi connectivity index (χ3v) is 4.05. The van der Waals surface area contributed by atoms with E-state index >= 15 is 0 Å². The zero-order valence-corrected chi connectivity index (χ0v) is 14.6. The molecule has 0 aliphatic carbocycles. The van der Waals surface area contributed by atoms with E-state index in [0.29, 0.717) is 5.56 Å². The van der Waals surface area contributed by atoms with Crippen molar-refractivity contribution in [2.24, 2.45) is 0 Å². The first-order valence-corrected chi connectivity index (χ1v) is 8.00. The largest absolute Gasteiger partial charge is 0.423 e. The fourth-order valence-corrected chi connectivity index (χ4v) is 2.68. The predicted octanol–water partition coefficient (Wildman–Crippen LogP) is 4.86. The Labute approximate surface area is 153 Å². The number of esters is 1. The first-order valence-electron chi connectivity index (χ1n) is 7.62. The summed E-state index contributed by atoms with van der Waals surface area (Å²) in [4.78, 5) is 23.9. The number of halogens is 2. The fourth-order valence-electron chi connectivity index (χ4n) is 2.42. The number of aromatic nitrogens is 1. The van der Waals surface area contributed by atoms with Gasteiger partial charge in [-0.25, -0.2) is 9.18 Å². The summed E-state index contributed by atoms with van der Waals surface area (Å²) in [5, 5.41) is 3.86. The van der Waals surface area contributed by atoms with Crippen molar-refractivity contribution in [3.05, 3.63) is 70.2 Å². The Balaban J connectivity index is 1.96. The van der Waals surface area contributed by atoms with Gasteiger partial charge in [0.25, 0.3) is 0 Å². The number of aryl methyl sites for hydroxylation is 1. The quantitative estimate of drug-likeness (QED) is 0.371. The summed E-state index contributed by atoms with van der Waals surface area (Å²) in [5.74, 6) is -1.11. The third kappa shape index (κ3) is 3.36. The number of ketones is 1. The molecule has 0 saturated carbocycles. The summed E-state index contributed by atoms with van der Waals surface area (Å²) in [5.41, 5.74) is 0.401. The van der Waals surface area contributed by atoms with E-state index in [-0.39, 0.29) is 39.1 Å². The molecule has 0 aliphatic rings. The molecule has 0 spiro atoms. The number of hydrogen-bond donors (Lipinski definition) is 0. The lowest BCUT2D eigenvalue weighted by atomic mass is 10.1. The van der Waals surface area contributed by atoms with E-state index in [1.54, 1.807) is 12.1 Å². The normalized spacial score (nSPS) is 10.6. The Morgan fingerprint density at radius 1 is 1.15 bits per heavy atom. The maximum Gasteiger partial charge on any atom is 0.349 e. The van der Waals surface area contributed by atoms with Crippen molar-refractivity contribution in [3.63, 3.8) is 0 Å². The highest BCUT2D eigenvalue weighted by Gasteiger charge is 2.26. The molecular formula is C19H13ClFNO4. The van der Waals surface area contributed by atoms with Crippen molar-refractivity contribution in [2.45, 2.75) is 13.8 Å².